The number of amides is 1. The molecular weight excluding hydrogens is 430 g/mol. The van der Waals surface area contributed by atoms with Crippen LogP contribution in [0.25, 0.3) is 0 Å². The van der Waals surface area contributed by atoms with Gasteiger partial charge in [-0.1, -0.05) is 23.7 Å². The summed E-state index contributed by atoms with van der Waals surface area (Å²) in [6, 6.07) is 11.4. The van der Waals surface area contributed by atoms with Crippen molar-refractivity contribution < 1.29 is 14.3 Å². The largest absolute Gasteiger partial charge is 0.496 e. The van der Waals surface area contributed by atoms with Crippen LogP contribution < -0.4 is 9.64 Å². The summed E-state index contributed by atoms with van der Waals surface area (Å²) in [6.07, 6.45) is 1.27. The van der Waals surface area contributed by atoms with E-state index in [2.05, 4.69) is 15.9 Å². The molecule has 0 radical (unpaired) electrons. The Balaban J connectivity index is 2.08. The fraction of sp³-hybridized carbons (Fsp3) is 0.381. The monoisotopic (exact) mass is 451 g/mol. The fourth-order valence-corrected chi connectivity index (χ4v) is 3.91. The molecule has 1 heterocycles. The van der Waals surface area contributed by atoms with E-state index in [1.165, 1.54) is 0 Å². The SMILES string of the molecule is COc1cc2c(cc1Br)N(C(=O)OC(C)(C)C)C(c1ccc(Cl)cc1)CC2. The zero-order chi connectivity index (χ0) is 19.8. The van der Waals surface area contributed by atoms with E-state index in [-0.39, 0.29) is 12.1 Å². The molecule has 144 valence electrons. The highest BCUT2D eigenvalue weighted by Gasteiger charge is 2.35. The lowest BCUT2D eigenvalue weighted by molar-refractivity contribution is 0.0560. The van der Waals surface area contributed by atoms with Crippen LogP contribution in [0.5, 0.6) is 5.75 Å². The quantitative estimate of drug-likeness (QED) is 0.519. The molecule has 0 spiro atoms. The van der Waals surface area contributed by atoms with Crippen LogP contribution in [-0.4, -0.2) is 18.8 Å². The molecule has 0 aromatic heterocycles. The maximum Gasteiger partial charge on any atom is 0.415 e. The second-order valence-corrected chi connectivity index (χ2v) is 8.86. The molecule has 0 bridgehead atoms. The Labute approximate surface area is 173 Å². The van der Waals surface area contributed by atoms with Crippen molar-refractivity contribution >= 4 is 39.3 Å². The molecule has 1 atom stereocenters. The van der Waals surface area contributed by atoms with E-state index in [1.807, 2.05) is 57.2 Å². The third-order valence-corrected chi connectivity index (χ3v) is 5.33. The first-order valence-electron chi connectivity index (χ1n) is 8.83. The molecular formula is C21H23BrClNO3. The standard InChI is InChI=1S/C21H23BrClNO3/c1-21(2,3)27-20(25)24-17(13-5-8-15(23)9-6-13)10-7-14-11-19(26-4)16(22)12-18(14)24/h5-6,8-9,11-12,17H,7,10H2,1-4H3. The number of anilines is 1. The van der Waals surface area contributed by atoms with Gasteiger partial charge in [-0.3, -0.25) is 4.90 Å². The van der Waals surface area contributed by atoms with Gasteiger partial charge in [0.1, 0.15) is 11.4 Å². The maximum atomic E-state index is 13.1. The predicted molar refractivity (Wildman–Crippen MR) is 112 cm³/mol. The van der Waals surface area contributed by atoms with E-state index in [4.69, 9.17) is 21.1 Å². The van der Waals surface area contributed by atoms with Gasteiger partial charge in [-0.05, 0) is 84.9 Å². The first-order valence-corrected chi connectivity index (χ1v) is 10.0. The summed E-state index contributed by atoms with van der Waals surface area (Å²) >= 11 is 9.58. The van der Waals surface area contributed by atoms with Gasteiger partial charge in [0, 0.05) is 5.02 Å². The third kappa shape index (κ3) is 4.41. The summed E-state index contributed by atoms with van der Waals surface area (Å²) in [7, 11) is 1.64. The highest BCUT2D eigenvalue weighted by Crippen LogP contribution is 2.43. The molecule has 2 aromatic carbocycles. The predicted octanol–water partition coefficient (Wildman–Crippen LogP) is 6.54. The van der Waals surface area contributed by atoms with E-state index >= 15 is 0 Å². The van der Waals surface area contributed by atoms with Gasteiger partial charge in [0.2, 0.25) is 0 Å². The molecule has 1 unspecified atom stereocenters. The zero-order valence-corrected chi connectivity index (χ0v) is 18.2. The van der Waals surface area contributed by atoms with Gasteiger partial charge < -0.3 is 9.47 Å². The number of rotatable bonds is 2. The van der Waals surface area contributed by atoms with E-state index < -0.39 is 5.60 Å². The summed E-state index contributed by atoms with van der Waals surface area (Å²) in [5, 5.41) is 0.672. The second kappa shape index (κ2) is 7.72. The number of methoxy groups -OCH3 is 1. The molecule has 3 rings (SSSR count). The molecule has 1 amide bonds. The van der Waals surface area contributed by atoms with Gasteiger partial charge in [0.05, 0.1) is 23.3 Å². The number of fused-ring (bicyclic) bond motifs is 1. The zero-order valence-electron chi connectivity index (χ0n) is 15.9. The first kappa shape index (κ1) is 20.0. The highest BCUT2D eigenvalue weighted by atomic mass is 79.9. The molecule has 0 aliphatic carbocycles. The molecule has 4 nitrogen and oxygen atoms in total. The number of halogens is 2. The fourth-order valence-electron chi connectivity index (χ4n) is 3.29. The molecule has 2 aromatic rings. The van der Waals surface area contributed by atoms with Crippen molar-refractivity contribution in [3.05, 3.63) is 57.0 Å². The summed E-state index contributed by atoms with van der Waals surface area (Å²) in [4.78, 5) is 14.9. The van der Waals surface area contributed by atoms with Crippen molar-refractivity contribution in [3.8, 4) is 5.75 Å². The molecule has 0 saturated heterocycles. The Hall–Kier alpha value is -1.72. The van der Waals surface area contributed by atoms with Crippen LogP contribution in [0.3, 0.4) is 0 Å². The van der Waals surface area contributed by atoms with Gasteiger partial charge >= 0.3 is 6.09 Å². The van der Waals surface area contributed by atoms with Crippen molar-refractivity contribution in [2.75, 3.05) is 12.0 Å². The lowest BCUT2D eigenvalue weighted by atomic mass is 9.91. The van der Waals surface area contributed by atoms with Crippen molar-refractivity contribution in [1.82, 2.24) is 0 Å². The Bertz CT molecular complexity index is 846. The third-order valence-electron chi connectivity index (χ3n) is 4.46. The van der Waals surface area contributed by atoms with Crippen LogP contribution in [-0.2, 0) is 11.2 Å². The highest BCUT2D eigenvalue weighted by molar-refractivity contribution is 9.10. The Morgan fingerprint density at radius 2 is 1.89 bits per heavy atom. The smallest absolute Gasteiger partial charge is 0.415 e. The van der Waals surface area contributed by atoms with Crippen LogP contribution in [0.2, 0.25) is 5.02 Å². The summed E-state index contributed by atoms with van der Waals surface area (Å²) < 4.78 is 11.9. The number of hydrogen-bond donors (Lipinski definition) is 0. The first-order chi connectivity index (χ1) is 12.7. The second-order valence-electron chi connectivity index (χ2n) is 7.57. The molecule has 27 heavy (non-hydrogen) atoms. The number of carbonyl (C=O) groups excluding carboxylic acids is 1. The Morgan fingerprint density at radius 3 is 2.48 bits per heavy atom. The minimum atomic E-state index is -0.580. The van der Waals surface area contributed by atoms with Crippen molar-refractivity contribution in [2.24, 2.45) is 0 Å². The van der Waals surface area contributed by atoms with Gasteiger partial charge in [0.25, 0.3) is 0 Å². The Kier molecular flexibility index (Phi) is 5.73. The van der Waals surface area contributed by atoms with Gasteiger partial charge in [-0.15, -0.1) is 0 Å². The number of carbonyl (C=O) groups is 1. The van der Waals surface area contributed by atoms with Crippen LogP contribution in [0.4, 0.5) is 10.5 Å². The molecule has 6 heteroatoms. The molecule has 0 saturated carbocycles. The van der Waals surface area contributed by atoms with E-state index in [1.54, 1.807) is 12.0 Å². The van der Waals surface area contributed by atoms with Crippen molar-refractivity contribution in [2.45, 2.75) is 45.3 Å². The van der Waals surface area contributed by atoms with Crippen LogP contribution in [0.15, 0.2) is 40.9 Å². The number of benzene rings is 2. The van der Waals surface area contributed by atoms with E-state index in [0.29, 0.717) is 5.02 Å². The summed E-state index contributed by atoms with van der Waals surface area (Å²) in [5.41, 5.74) is 2.35. The number of aryl methyl sites for hydroxylation is 1. The minimum Gasteiger partial charge on any atom is -0.496 e. The van der Waals surface area contributed by atoms with E-state index in [9.17, 15) is 4.79 Å². The number of ether oxygens (including phenoxy) is 2. The molecule has 1 aliphatic heterocycles. The van der Waals surface area contributed by atoms with E-state index in [0.717, 1.165) is 39.9 Å². The topological polar surface area (TPSA) is 38.8 Å². The normalized spacial score (nSPS) is 16.7. The molecule has 0 fully saturated rings. The summed E-state index contributed by atoms with van der Waals surface area (Å²) in [6.45, 7) is 5.62. The average molecular weight is 453 g/mol. The van der Waals surface area contributed by atoms with Gasteiger partial charge in [-0.25, -0.2) is 4.79 Å². The van der Waals surface area contributed by atoms with Crippen LogP contribution in [0.1, 0.15) is 44.4 Å². The Morgan fingerprint density at radius 1 is 1.22 bits per heavy atom. The minimum absolute atomic E-state index is 0.120. The van der Waals surface area contributed by atoms with Crippen LogP contribution >= 0.6 is 27.5 Å². The lowest BCUT2D eigenvalue weighted by Gasteiger charge is -2.38. The molecule has 0 N–H and O–H groups in total. The summed E-state index contributed by atoms with van der Waals surface area (Å²) in [5.74, 6) is 0.753. The van der Waals surface area contributed by atoms with Crippen molar-refractivity contribution in [3.63, 3.8) is 0 Å². The maximum absolute atomic E-state index is 13.1. The van der Waals surface area contributed by atoms with Crippen molar-refractivity contribution in [1.29, 1.82) is 0 Å². The number of hydrogen-bond acceptors (Lipinski definition) is 3. The van der Waals surface area contributed by atoms with Gasteiger partial charge in [0.15, 0.2) is 0 Å². The lowest BCUT2D eigenvalue weighted by Crippen LogP contribution is -2.42. The molecule has 1 aliphatic rings. The van der Waals surface area contributed by atoms with Gasteiger partial charge in [-0.2, -0.15) is 0 Å². The average Bonchev–Trinajstić information content (AvgIpc) is 2.59. The van der Waals surface area contributed by atoms with Crippen LogP contribution in [0, 0.1) is 0 Å². The number of nitrogens with zero attached hydrogens (tertiary/aromatic N) is 1.